The van der Waals surface area contributed by atoms with Gasteiger partial charge in [0.25, 0.3) is 0 Å². The maximum absolute atomic E-state index is 13.1. The number of aliphatic hydroxyl groups is 1. The number of aliphatic hydroxyl groups excluding tert-OH is 1. The Balaban J connectivity index is 1.49. The van der Waals surface area contributed by atoms with Crippen LogP contribution in [0.4, 0.5) is 0 Å². The van der Waals surface area contributed by atoms with Crippen molar-refractivity contribution in [2.45, 2.75) is 45.1 Å². The van der Waals surface area contributed by atoms with Crippen molar-refractivity contribution in [3.05, 3.63) is 41.5 Å². The van der Waals surface area contributed by atoms with Gasteiger partial charge in [-0.25, -0.2) is 4.79 Å². The van der Waals surface area contributed by atoms with Crippen molar-refractivity contribution in [2.75, 3.05) is 13.4 Å². The largest absolute Gasteiger partial charge is 0.504 e. The Labute approximate surface area is 231 Å². The zero-order chi connectivity index (χ0) is 29.0. The van der Waals surface area contributed by atoms with Gasteiger partial charge in [-0.15, -0.1) is 0 Å². The summed E-state index contributed by atoms with van der Waals surface area (Å²) in [7, 11) is 0. The first-order valence-corrected chi connectivity index (χ1v) is 12.5. The van der Waals surface area contributed by atoms with Crippen LogP contribution in [0.15, 0.2) is 30.3 Å². The Kier molecular flexibility index (Phi) is 6.47. The number of phenols is 2. The molecule has 0 radical (unpaired) electrons. The molecule has 13 nitrogen and oxygen atoms in total. The van der Waals surface area contributed by atoms with E-state index in [1.54, 1.807) is 18.2 Å². The molecule has 41 heavy (non-hydrogen) atoms. The van der Waals surface area contributed by atoms with Gasteiger partial charge in [0.2, 0.25) is 13.1 Å². The normalized spacial score (nSPS) is 22.7. The first-order valence-electron chi connectivity index (χ1n) is 12.5. The van der Waals surface area contributed by atoms with E-state index in [2.05, 4.69) is 0 Å². The highest BCUT2D eigenvalue weighted by Gasteiger charge is 2.46. The summed E-state index contributed by atoms with van der Waals surface area (Å²) < 4.78 is 38.4. The van der Waals surface area contributed by atoms with Crippen molar-refractivity contribution < 1.29 is 62.9 Å². The van der Waals surface area contributed by atoms with Crippen LogP contribution in [0.1, 0.15) is 29.8 Å². The lowest BCUT2D eigenvalue weighted by molar-refractivity contribution is -0.253. The van der Waals surface area contributed by atoms with E-state index in [0.29, 0.717) is 33.6 Å². The molecule has 0 aromatic heterocycles. The summed E-state index contributed by atoms with van der Waals surface area (Å²) in [6, 6.07) is 7.60. The van der Waals surface area contributed by atoms with Crippen LogP contribution in [0.3, 0.4) is 0 Å². The summed E-state index contributed by atoms with van der Waals surface area (Å²) in [6.07, 6.45) is -5.51. The molecular formula is C28H24O13. The third kappa shape index (κ3) is 4.58. The topological polar surface area (TPSA) is 177 Å². The van der Waals surface area contributed by atoms with Crippen LogP contribution in [0.25, 0.3) is 21.9 Å². The molecule has 214 valence electrons. The fourth-order valence-electron chi connectivity index (χ4n) is 5.22. The van der Waals surface area contributed by atoms with Gasteiger partial charge < -0.3 is 48.5 Å². The lowest BCUT2D eigenvalue weighted by atomic mass is 9.89. The number of benzene rings is 3. The van der Waals surface area contributed by atoms with E-state index < -0.39 is 54.0 Å². The van der Waals surface area contributed by atoms with Gasteiger partial charge in [0.05, 0.1) is 12.2 Å². The van der Waals surface area contributed by atoms with E-state index in [-0.39, 0.29) is 36.7 Å². The summed E-state index contributed by atoms with van der Waals surface area (Å²) in [5, 5.41) is 32.5. The number of cyclic esters (lactones) is 1. The molecular weight excluding hydrogens is 544 g/mol. The Bertz CT molecular complexity index is 1600. The van der Waals surface area contributed by atoms with Crippen molar-refractivity contribution in [3.63, 3.8) is 0 Å². The number of ether oxygens (including phenoxy) is 7. The molecule has 3 aromatic rings. The molecule has 0 saturated carbocycles. The van der Waals surface area contributed by atoms with E-state index in [4.69, 9.17) is 33.2 Å². The summed E-state index contributed by atoms with van der Waals surface area (Å²) in [5.41, 5.74) is 1.36. The average molecular weight is 568 g/mol. The highest BCUT2D eigenvalue weighted by molar-refractivity contribution is 6.14. The number of phenolic OH excluding ortho intramolecular Hbond substituents is 2. The number of carbonyl (C=O) groups is 3. The fourth-order valence-corrected chi connectivity index (χ4v) is 5.22. The minimum atomic E-state index is -1.63. The summed E-state index contributed by atoms with van der Waals surface area (Å²) >= 11 is 0. The molecule has 1 saturated heterocycles. The highest BCUT2D eigenvalue weighted by atomic mass is 16.7. The monoisotopic (exact) mass is 568 g/mol. The molecule has 3 aliphatic rings. The van der Waals surface area contributed by atoms with Crippen LogP contribution in [0.5, 0.6) is 28.7 Å². The molecule has 0 aliphatic carbocycles. The van der Waals surface area contributed by atoms with E-state index in [0.717, 1.165) is 13.8 Å². The van der Waals surface area contributed by atoms with E-state index >= 15 is 0 Å². The van der Waals surface area contributed by atoms with Crippen LogP contribution in [-0.4, -0.2) is 71.2 Å². The number of fused-ring (bicyclic) bond motifs is 3. The zero-order valence-electron chi connectivity index (χ0n) is 21.7. The lowest BCUT2D eigenvalue weighted by Crippen LogP contribution is -2.57. The molecule has 0 bridgehead atoms. The molecule has 3 aromatic carbocycles. The quantitative estimate of drug-likeness (QED) is 0.232. The van der Waals surface area contributed by atoms with Crippen LogP contribution < -0.4 is 14.2 Å². The summed E-state index contributed by atoms with van der Waals surface area (Å²) in [6.45, 7) is 1.85. The van der Waals surface area contributed by atoms with Crippen molar-refractivity contribution in [1.29, 1.82) is 0 Å². The van der Waals surface area contributed by atoms with Gasteiger partial charge in [0, 0.05) is 30.4 Å². The van der Waals surface area contributed by atoms with Gasteiger partial charge in [-0.3, -0.25) is 9.59 Å². The smallest absolute Gasteiger partial charge is 0.339 e. The molecule has 1 fully saturated rings. The fraction of sp³-hybridized carbons (Fsp3) is 0.321. The van der Waals surface area contributed by atoms with Gasteiger partial charge in [0.1, 0.15) is 12.4 Å². The molecule has 0 amide bonds. The van der Waals surface area contributed by atoms with Gasteiger partial charge in [-0.2, -0.15) is 0 Å². The average Bonchev–Trinajstić information content (AvgIpc) is 3.54. The first-order chi connectivity index (χ1) is 19.6. The van der Waals surface area contributed by atoms with E-state index in [1.807, 2.05) is 0 Å². The van der Waals surface area contributed by atoms with Crippen molar-refractivity contribution >= 4 is 28.7 Å². The maximum atomic E-state index is 13.1. The van der Waals surface area contributed by atoms with Gasteiger partial charge in [-0.05, 0) is 35.2 Å². The molecule has 0 spiro atoms. The molecule has 4 atom stereocenters. The molecule has 1 unspecified atom stereocenters. The predicted molar refractivity (Wildman–Crippen MR) is 135 cm³/mol. The molecule has 3 heterocycles. The summed E-state index contributed by atoms with van der Waals surface area (Å²) in [4.78, 5) is 36.4. The maximum Gasteiger partial charge on any atom is 0.339 e. The molecule has 13 heteroatoms. The second-order valence-electron chi connectivity index (χ2n) is 9.62. The van der Waals surface area contributed by atoms with Crippen LogP contribution in [0.2, 0.25) is 0 Å². The number of hydrogen-bond donors (Lipinski definition) is 3. The summed E-state index contributed by atoms with van der Waals surface area (Å²) in [5.74, 6) is -1.98. The Morgan fingerprint density at radius 2 is 1.61 bits per heavy atom. The Morgan fingerprint density at radius 3 is 2.34 bits per heavy atom. The Hall–Kier alpha value is -4.75. The lowest BCUT2D eigenvalue weighted by Gasteiger charge is -2.38. The Morgan fingerprint density at radius 1 is 0.902 bits per heavy atom. The third-order valence-corrected chi connectivity index (χ3v) is 6.93. The number of carbonyl (C=O) groups excluding carboxylic acids is 3. The number of hydrogen-bond acceptors (Lipinski definition) is 13. The SMILES string of the molecule is CC(=O)O[C@H]1[C@H](OC(C)=O)COC(Oc2c3c(c(-c4ccc5c(c4)OCO5)c4cc(O)c(O)cc24)C(=O)OC3)[C@@H]1O. The molecule has 3 N–H and O–H groups in total. The van der Waals surface area contributed by atoms with Gasteiger partial charge in [0.15, 0.2) is 41.3 Å². The minimum absolute atomic E-state index is 0.0252. The van der Waals surface area contributed by atoms with Crippen molar-refractivity contribution in [1.82, 2.24) is 0 Å². The van der Waals surface area contributed by atoms with Crippen LogP contribution in [-0.2, 0) is 35.1 Å². The predicted octanol–water partition coefficient (Wildman–Crippen LogP) is 2.28. The molecule has 3 aliphatic heterocycles. The van der Waals surface area contributed by atoms with Crippen molar-refractivity contribution in [3.8, 4) is 39.9 Å². The second-order valence-corrected chi connectivity index (χ2v) is 9.62. The number of rotatable bonds is 5. The third-order valence-electron chi connectivity index (χ3n) is 6.93. The standard InChI is InChI=1S/C28H24O13/c1-11(29)39-21-9-36-28(24(33)26(21)40-12(2)30)41-25-15-7-18(32)17(31)6-14(15)22(23-16(25)8-35-27(23)34)13-3-4-19-20(5-13)38-10-37-19/h3-7,21,24,26,28,31-33H,8-10H2,1-2H3/t21-,24-,26+,28?/m1/s1. The van der Waals surface area contributed by atoms with E-state index in [1.165, 1.54) is 12.1 Å². The zero-order valence-corrected chi connectivity index (χ0v) is 21.7. The second kappa shape index (κ2) is 10.0. The van der Waals surface area contributed by atoms with E-state index in [9.17, 15) is 29.7 Å². The molecule has 6 rings (SSSR count). The highest BCUT2D eigenvalue weighted by Crippen LogP contribution is 2.49. The van der Waals surface area contributed by atoms with Crippen LogP contribution >= 0.6 is 0 Å². The number of esters is 3. The van der Waals surface area contributed by atoms with Gasteiger partial charge >= 0.3 is 17.9 Å². The van der Waals surface area contributed by atoms with Gasteiger partial charge in [-0.1, -0.05) is 6.07 Å². The number of aromatic hydroxyl groups is 2. The minimum Gasteiger partial charge on any atom is -0.504 e. The first kappa shape index (κ1) is 26.5. The van der Waals surface area contributed by atoms with Crippen LogP contribution in [0, 0.1) is 0 Å². The van der Waals surface area contributed by atoms with Crippen molar-refractivity contribution in [2.24, 2.45) is 0 Å².